The van der Waals surface area contributed by atoms with Crippen molar-refractivity contribution in [2.75, 3.05) is 0 Å². The molecule has 0 aromatic heterocycles. The van der Waals surface area contributed by atoms with Crippen molar-refractivity contribution in [2.24, 2.45) is 0 Å². The third kappa shape index (κ3) is 3.60. The Hall–Kier alpha value is -1.14. The Kier molecular flexibility index (Phi) is 5.98. The number of carbonyl (C=O) groups is 1. The van der Waals surface area contributed by atoms with Crippen LogP contribution < -0.4 is 0 Å². The first-order valence-electron chi connectivity index (χ1n) is 6.50. The largest absolute Gasteiger partial charge is 0.396 e. The molecule has 0 amide bonds. The van der Waals surface area contributed by atoms with Gasteiger partial charge in [-0.05, 0) is 48.6 Å². The summed E-state index contributed by atoms with van der Waals surface area (Å²) in [5, 5.41) is 0. The molecule has 2 aromatic carbocycles. The van der Waals surface area contributed by atoms with Crippen molar-refractivity contribution in [3.05, 3.63) is 58.7 Å². The molecule has 0 aliphatic carbocycles. The van der Waals surface area contributed by atoms with Crippen molar-refractivity contribution in [1.82, 2.24) is 0 Å². The van der Waals surface area contributed by atoms with E-state index in [1.54, 1.807) is 19.9 Å². The predicted molar refractivity (Wildman–Crippen MR) is 88.2 cm³/mol. The maximum atomic E-state index is 12.0. The van der Waals surface area contributed by atoms with Gasteiger partial charge in [-0.3, -0.25) is 9.36 Å². The number of benzene rings is 2. The molecule has 0 aliphatic rings. The van der Waals surface area contributed by atoms with Crippen LogP contribution in [0.3, 0.4) is 0 Å². The molecule has 1 radical (unpaired) electrons. The van der Waals surface area contributed by atoms with E-state index in [2.05, 4.69) is 0 Å². The summed E-state index contributed by atoms with van der Waals surface area (Å²) in [6.45, 7) is 5.34. The van der Waals surface area contributed by atoms with Crippen LogP contribution in [0.4, 0.5) is 0 Å². The van der Waals surface area contributed by atoms with Crippen LogP contribution in [0.1, 0.15) is 27.0 Å². The zero-order valence-corrected chi connectivity index (χ0v) is 14.0. The van der Waals surface area contributed by atoms with E-state index in [1.807, 2.05) is 37.3 Å². The molecule has 22 heavy (non-hydrogen) atoms. The van der Waals surface area contributed by atoms with Gasteiger partial charge in [-0.2, -0.15) is 0 Å². The molecule has 0 fully saturated rings. The fourth-order valence-corrected chi connectivity index (χ4v) is 3.34. The Morgan fingerprint density at radius 3 is 2.05 bits per heavy atom. The third-order valence-corrected chi connectivity index (χ3v) is 4.27. The average molecular weight is 311 g/mol. The average Bonchev–Trinajstić information content (AvgIpc) is 2.38. The minimum Gasteiger partial charge on any atom is -0.319 e. The molecule has 0 heterocycles. The van der Waals surface area contributed by atoms with Gasteiger partial charge in [-0.15, -0.1) is 0 Å². The van der Waals surface area contributed by atoms with Crippen LogP contribution in [0.15, 0.2) is 36.4 Å². The molecule has 111 valence electrons. The number of rotatable bonds is 3. The second kappa shape index (κ2) is 6.96. The van der Waals surface area contributed by atoms with Crippen molar-refractivity contribution in [1.29, 1.82) is 0 Å². The van der Waals surface area contributed by atoms with Crippen molar-refractivity contribution < 1.29 is 19.1 Å². The summed E-state index contributed by atoms with van der Waals surface area (Å²) < 4.78 is 11.3. The zero-order valence-electron chi connectivity index (χ0n) is 13.1. The third-order valence-electron chi connectivity index (χ3n) is 3.51. The minimum absolute atomic E-state index is 0. The molecule has 4 nitrogen and oxygen atoms in total. The smallest absolute Gasteiger partial charge is 0.319 e. The van der Waals surface area contributed by atoms with Gasteiger partial charge in [0.05, 0.1) is 0 Å². The van der Waals surface area contributed by atoms with E-state index in [9.17, 15) is 19.1 Å². The number of aryl methyl sites for hydroxylation is 2. The Morgan fingerprint density at radius 1 is 1.00 bits per heavy atom. The van der Waals surface area contributed by atoms with Crippen LogP contribution in [0.2, 0.25) is 0 Å². The molecule has 0 atom stereocenters. The van der Waals surface area contributed by atoms with E-state index < -0.39 is 13.1 Å². The summed E-state index contributed by atoms with van der Waals surface area (Å²) >= 11 is 0. The van der Waals surface area contributed by atoms with Crippen molar-refractivity contribution in [3.63, 3.8) is 0 Å². The van der Waals surface area contributed by atoms with E-state index in [-0.39, 0.29) is 24.4 Å². The van der Waals surface area contributed by atoms with Crippen molar-refractivity contribution >= 4 is 32.0 Å². The quantitative estimate of drug-likeness (QED) is 0.674. The first-order valence-corrected chi connectivity index (χ1v) is 8.11. The van der Waals surface area contributed by atoms with Gasteiger partial charge in [0.15, 0.2) is 0 Å². The molecule has 0 saturated carbocycles. The van der Waals surface area contributed by atoms with Gasteiger partial charge >= 0.3 is 7.60 Å². The van der Waals surface area contributed by atoms with Gasteiger partial charge in [-0.25, -0.2) is 0 Å². The molecule has 0 saturated heterocycles. The maximum Gasteiger partial charge on any atom is 0.396 e. The van der Waals surface area contributed by atoms with Crippen molar-refractivity contribution in [3.8, 4) is 11.1 Å². The Morgan fingerprint density at radius 2 is 1.55 bits per heavy atom. The van der Waals surface area contributed by atoms with Crippen molar-refractivity contribution in [2.45, 2.75) is 20.8 Å². The molecule has 6 heteroatoms. The van der Waals surface area contributed by atoms with E-state index in [4.69, 9.17) is 0 Å². The Labute approximate surface area is 141 Å². The minimum atomic E-state index is -4.80. The summed E-state index contributed by atoms with van der Waals surface area (Å²) in [6.07, 6.45) is 0. The SMILES string of the molecule is Cc1cc(C)c(-c2ccccc2)c(C)c1C(=O)P(=O)(O)O.[Li]. The van der Waals surface area contributed by atoms with Gasteiger partial charge in [0.2, 0.25) is 0 Å². The summed E-state index contributed by atoms with van der Waals surface area (Å²) in [7, 11) is -4.80. The van der Waals surface area contributed by atoms with E-state index in [0.717, 1.165) is 16.7 Å². The first-order chi connectivity index (χ1) is 9.73. The van der Waals surface area contributed by atoms with E-state index in [1.165, 1.54) is 0 Å². The monoisotopic (exact) mass is 311 g/mol. The summed E-state index contributed by atoms with van der Waals surface area (Å²) in [5.41, 5.74) is 2.93. The molecule has 0 aliphatic heterocycles. The first kappa shape index (κ1) is 18.9. The van der Waals surface area contributed by atoms with E-state index >= 15 is 0 Å². The van der Waals surface area contributed by atoms with Gasteiger partial charge in [0, 0.05) is 24.4 Å². The second-order valence-corrected chi connectivity index (χ2v) is 6.59. The van der Waals surface area contributed by atoms with Gasteiger partial charge in [0.25, 0.3) is 5.52 Å². The fraction of sp³-hybridized carbons (Fsp3) is 0.188. The molecule has 2 rings (SSSR count). The second-order valence-electron chi connectivity index (χ2n) is 5.10. The van der Waals surface area contributed by atoms with Crippen LogP contribution in [0.5, 0.6) is 0 Å². The van der Waals surface area contributed by atoms with Crippen LogP contribution in [0.25, 0.3) is 11.1 Å². The Balaban J connectivity index is 0.00000242. The number of hydrogen-bond donors (Lipinski definition) is 2. The van der Waals surface area contributed by atoms with Gasteiger partial charge in [-0.1, -0.05) is 36.4 Å². The molecule has 2 aromatic rings. The molecule has 0 spiro atoms. The van der Waals surface area contributed by atoms with Crippen LogP contribution in [0, 0.1) is 20.8 Å². The molecular formula is C16H17LiO4P. The fourth-order valence-electron chi connectivity index (χ4n) is 2.71. The summed E-state index contributed by atoms with van der Waals surface area (Å²) in [4.78, 5) is 30.4. The van der Waals surface area contributed by atoms with Crippen LogP contribution in [-0.4, -0.2) is 34.2 Å². The summed E-state index contributed by atoms with van der Waals surface area (Å²) in [5.74, 6) is 0. The predicted octanol–water partition coefficient (Wildman–Crippen LogP) is 3.22. The zero-order chi connectivity index (χ0) is 15.8. The molecule has 0 bridgehead atoms. The van der Waals surface area contributed by atoms with Gasteiger partial charge < -0.3 is 9.79 Å². The normalized spacial score (nSPS) is 11.0. The topological polar surface area (TPSA) is 74.6 Å². The summed E-state index contributed by atoms with van der Waals surface area (Å²) in [6, 6.07) is 11.3. The Bertz CT molecular complexity index is 750. The molecule has 0 unspecified atom stereocenters. The number of carbonyl (C=O) groups excluding carboxylic acids is 1. The van der Waals surface area contributed by atoms with Gasteiger partial charge in [0.1, 0.15) is 0 Å². The maximum absolute atomic E-state index is 12.0. The van der Waals surface area contributed by atoms with E-state index in [0.29, 0.717) is 11.1 Å². The van der Waals surface area contributed by atoms with Crippen LogP contribution in [-0.2, 0) is 4.57 Å². The number of hydrogen-bond acceptors (Lipinski definition) is 2. The van der Waals surface area contributed by atoms with Crippen LogP contribution >= 0.6 is 7.60 Å². The standard InChI is InChI=1S/C16H17O4P.Li/c1-10-9-11(2)15(16(17)21(18,19)20)12(3)14(10)13-7-5-4-6-8-13;/h4-9H,1-3H3,(H2,18,19,20);. The molecular weight excluding hydrogens is 294 g/mol. The molecule has 2 N–H and O–H groups in total.